The molecule has 0 bridgehead atoms. The molecular weight excluding hydrogens is 314 g/mol. The second kappa shape index (κ2) is 6.22. The van der Waals surface area contributed by atoms with Gasteiger partial charge in [-0.25, -0.2) is 9.97 Å². The van der Waals surface area contributed by atoms with Crippen molar-refractivity contribution in [3.8, 4) is 0 Å². The fraction of sp³-hybridized carbons (Fsp3) is 0.556. The molecule has 7 nitrogen and oxygen atoms in total. The number of fused-ring (bicyclic) bond motifs is 2. The lowest BCUT2D eigenvalue weighted by Gasteiger charge is -2.25. The normalized spacial score (nSPS) is 17.4. The van der Waals surface area contributed by atoms with Crippen molar-refractivity contribution < 1.29 is 0 Å². The van der Waals surface area contributed by atoms with E-state index in [4.69, 9.17) is 0 Å². The van der Waals surface area contributed by atoms with Crippen LogP contribution in [0.2, 0.25) is 0 Å². The Labute approximate surface area is 147 Å². The van der Waals surface area contributed by atoms with Gasteiger partial charge >= 0.3 is 0 Å². The molecule has 1 unspecified atom stereocenters. The Morgan fingerprint density at radius 1 is 1.24 bits per heavy atom. The number of imidazole rings is 1. The lowest BCUT2D eigenvalue weighted by atomic mass is 10.1. The molecule has 132 valence electrons. The van der Waals surface area contributed by atoms with Gasteiger partial charge in [-0.2, -0.15) is 0 Å². The van der Waals surface area contributed by atoms with Crippen LogP contribution in [0, 0.1) is 13.8 Å². The second-order valence-electron chi connectivity index (χ2n) is 7.30. The van der Waals surface area contributed by atoms with Gasteiger partial charge in [0.05, 0.1) is 5.69 Å². The van der Waals surface area contributed by atoms with Crippen molar-refractivity contribution in [1.29, 1.82) is 0 Å². The smallest absolute Gasteiger partial charge is 0.234 e. The van der Waals surface area contributed by atoms with Gasteiger partial charge in [0, 0.05) is 49.1 Å². The van der Waals surface area contributed by atoms with Gasteiger partial charge in [0.25, 0.3) is 0 Å². The molecule has 3 aromatic heterocycles. The average molecular weight is 339 g/mol. The van der Waals surface area contributed by atoms with E-state index in [0.717, 1.165) is 60.4 Å². The highest BCUT2D eigenvalue weighted by molar-refractivity contribution is 5.34. The maximum Gasteiger partial charge on any atom is 0.234 e. The maximum absolute atomic E-state index is 4.66. The number of hydrogen-bond acceptors (Lipinski definition) is 5. The predicted molar refractivity (Wildman–Crippen MR) is 95.5 cm³/mol. The van der Waals surface area contributed by atoms with Crippen molar-refractivity contribution in [1.82, 2.24) is 34.4 Å². The first kappa shape index (κ1) is 16.2. The Hall–Kier alpha value is -2.28. The van der Waals surface area contributed by atoms with Crippen molar-refractivity contribution >= 4 is 5.78 Å². The molecule has 1 aliphatic heterocycles. The van der Waals surface area contributed by atoms with E-state index < -0.39 is 0 Å². The van der Waals surface area contributed by atoms with E-state index in [1.165, 1.54) is 0 Å². The fourth-order valence-corrected chi connectivity index (χ4v) is 3.59. The average Bonchev–Trinajstić information content (AvgIpc) is 3.16. The van der Waals surface area contributed by atoms with Crippen LogP contribution in [0.15, 0.2) is 12.3 Å². The minimum atomic E-state index is 0.399. The van der Waals surface area contributed by atoms with Gasteiger partial charge in [-0.05, 0) is 26.3 Å². The molecule has 0 aromatic carbocycles. The van der Waals surface area contributed by atoms with Crippen LogP contribution >= 0.6 is 0 Å². The van der Waals surface area contributed by atoms with E-state index >= 15 is 0 Å². The summed E-state index contributed by atoms with van der Waals surface area (Å²) < 4.78 is 4.34. The second-order valence-corrected chi connectivity index (χ2v) is 7.30. The van der Waals surface area contributed by atoms with Gasteiger partial charge < -0.3 is 9.88 Å². The molecule has 1 atom stereocenters. The van der Waals surface area contributed by atoms with E-state index in [1.54, 1.807) is 0 Å². The molecule has 7 heteroatoms. The molecule has 4 rings (SSSR count). The van der Waals surface area contributed by atoms with E-state index in [1.807, 2.05) is 6.92 Å². The first-order valence-electron chi connectivity index (χ1n) is 8.99. The van der Waals surface area contributed by atoms with Crippen LogP contribution in [0.5, 0.6) is 0 Å². The summed E-state index contributed by atoms with van der Waals surface area (Å²) in [7, 11) is 0. The minimum absolute atomic E-state index is 0.399. The highest BCUT2D eigenvalue weighted by atomic mass is 15.3. The maximum atomic E-state index is 4.66. The molecular formula is C18H25N7. The highest BCUT2D eigenvalue weighted by Crippen LogP contribution is 2.20. The topological polar surface area (TPSA) is 72.9 Å². The van der Waals surface area contributed by atoms with E-state index in [0.29, 0.717) is 12.0 Å². The third-order valence-electron chi connectivity index (χ3n) is 4.87. The molecule has 0 amide bonds. The molecule has 0 fully saturated rings. The van der Waals surface area contributed by atoms with Crippen LogP contribution in [0.25, 0.3) is 5.78 Å². The summed E-state index contributed by atoms with van der Waals surface area (Å²) in [6, 6.07) is 2.50. The third kappa shape index (κ3) is 3.04. The number of rotatable bonds is 4. The molecule has 1 N–H and O–H groups in total. The number of nitrogens with one attached hydrogen (secondary N) is 1. The molecule has 3 aromatic rings. The summed E-state index contributed by atoms with van der Waals surface area (Å²) in [5.74, 6) is 3.38. The Morgan fingerprint density at radius 3 is 2.88 bits per heavy atom. The summed E-state index contributed by atoms with van der Waals surface area (Å²) in [5.41, 5.74) is 3.19. The van der Waals surface area contributed by atoms with Crippen molar-refractivity contribution in [2.24, 2.45) is 0 Å². The monoisotopic (exact) mass is 339 g/mol. The van der Waals surface area contributed by atoms with Crippen molar-refractivity contribution in [2.75, 3.05) is 0 Å². The molecule has 1 aliphatic rings. The first-order valence-corrected chi connectivity index (χ1v) is 8.99. The van der Waals surface area contributed by atoms with Crippen LogP contribution in [0.4, 0.5) is 0 Å². The lowest BCUT2D eigenvalue weighted by Crippen LogP contribution is -2.37. The van der Waals surface area contributed by atoms with Crippen LogP contribution in [-0.4, -0.2) is 35.2 Å². The first-order chi connectivity index (χ1) is 12.0. The van der Waals surface area contributed by atoms with E-state index in [2.05, 4.69) is 67.5 Å². The van der Waals surface area contributed by atoms with Gasteiger partial charge in [-0.1, -0.05) is 13.8 Å². The van der Waals surface area contributed by atoms with Crippen LogP contribution in [0.1, 0.15) is 54.9 Å². The summed E-state index contributed by atoms with van der Waals surface area (Å²) in [6.07, 6.45) is 4.14. The lowest BCUT2D eigenvalue weighted by molar-refractivity contribution is 0.369. The van der Waals surface area contributed by atoms with Gasteiger partial charge in [0.2, 0.25) is 5.78 Å². The van der Waals surface area contributed by atoms with Crippen molar-refractivity contribution in [3.63, 3.8) is 0 Å². The van der Waals surface area contributed by atoms with Crippen LogP contribution < -0.4 is 5.32 Å². The van der Waals surface area contributed by atoms with Gasteiger partial charge in [0.1, 0.15) is 11.6 Å². The molecule has 0 saturated carbocycles. The van der Waals surface area contributed by atoms with Crippen molar-refractivity contribution in [2.45, 2.75) is 65.6 Å². The summed E-state index contributed by atoms with van der Waals surface area (Å²) in [6.45, 7) is 10.1. The largest absolute Gasteiger partial charge is 0.313 e. The summed E-state index contributed by atoms with van der Waals surface area (Å²) >= 11 is 0. The van der Waals surface area contributed by atoms with E-state index in [9.17, 15) is 0 Å². The Bertz CT molecular complexity index is 906. The summed E-state index contributed by atoms with van der Waals surface area (Å²) in [5, 5.41) is 12.3. The molecule has 0 spiro atoms. The highest BCUT2D eigenvalue weighted by Gasteiger charge is 2.23. The Kier molecular flexibility index (Phi) is 4.03. The van der Waals surface area contributed by atoms with E-state index in [-0.39, 0.29) is 0 Å². The predicted octanol–water partition coefficient (Wildman–Crippen LogP) is 2.17. The quantitative estimate of drug-likeness (QED) is 0.788. The SMILES string of the molecule is Cc1cc(C)n2cc(CNC3CCc4nnc(C(C)C)n4C3)nc2n1. The van der Waals surface area contributed by atoms with Gasteiger partial charge in [-0.3, -0.25) is 4.40 Å². The standard InChI is InChI=1S/C18H25N7/c1-11(2)17-23-22-16-6-5-14(9-25(16)17)19-8-15-10-24-13(4)7-12(3)20-18(24)21-15/h7,10-11,14,19H,5-6,8-9H2,1-4H3. The molecule has 0 aliphatic carbocycles. The number of nitrogens with zero attached hydrogens (tertiary/aromatic N) is 6. The fourth-order valence-electron chi connectivity index (χ4n) is 3.59. The van der Waals surface area contributed by atoms with Gasteiger partial charge in [-0.15, -0.1) is 10.2 Å². The summed E-state index contributed by atoms with van der Waals surface area (Å²) in [4.78, 5) is 9.17. The number of aryl methyl sites for hydroxylation is 3. The van der Waals surface area contributed by atoms with Crippen molar-refractivity contribution in [3.05, 3.63) is 41.0 Å². The van der Waals surface area contributed by atoms with Gasteiger partial charge in [0.15, 0.2) is 0 Å². The van der Waals surface area contributed by atoms with Crippen LogP contribution in [0.3, 0.4) is 0 Å². The third-order valence-corrected chi connectivity index (χ3v) is 4.87. The number of hydrogen-bond donors (Lipinski definition) is 1. The Morgan fingerprint density at radius 2 is 2.08 bits per heavy atom. The van der Waals surface area contributed by atoms with Crippen LogP contribution in [-0.2, 0) is 19.5 Å². The zero-order valence-electron chi connectivity index (χ0n) is 15.3. The molecule has 25 heavy (non-hydrogen) atoms. The molecule has 0 saturated heterocycles. The minimum Gasteiger partial charge on any atom is -0.313 e. The zero-order valence-corrected chi connectivity index (χ0v) is 15.3. The number of aromatic nitrogens is 6. The zero-order chi connectivity index (χ0) is 17.6. The molecule has 0 radical (unpaired) electrons. The Balaban J connectivity index is 1.47. The molecule has 4 heterocycles.